The molecule has 2 aliphatic rings. The molecule has 2 aliphatic heterocycles. The van der Waals surface area contributed by atoms with E-state index in [0.29, 0.717) is 23.9 Å². The van der Waals surface area contributed by atoms with Crippen LogP contribution in [-0.2, 0) is 18.5 Å². The first kappa shape index (κ1) is 19.0. The molecule has 0 radical (unpaired) electrons. The molecule has 1 fully saturated rings. The number of amidine groups is 1. The van der Waals surface area contributed by atoms with Crippen LogP contribution in [0, 0.1) is 0 Å². The molecule has 8 nitrogen and oxygen atoms in total. The quantitative estimate of drug-likeness (QED) is 0.597. The van der Waals surface area contributed by atoms with Gasteiger partial charge in [0.1, 0.15) is 6.34 Å². The van der Waals surface area contributed by atoms with Crippen molar-refractivity contribution in [1.82, 2.24) is 20.2 Å². The van der Waals surface area contributed by atoms with Crippen LogP contribution >= 0.6 is 0 Å². The number of anilines is 1. The molecule has 3 N–H and O–H groups in total. The average molecular weight is 413 g/mol. The minimum absolute atomic E-state index is 0.216. The number of hydrogen-bond donors (Lipinski definition) is 3. The fourth-order valence-corrected chi connectivity index (χ4v) is 4.16. The highest BCUT2D eigenvalue weighted by atomic mass is 16.2. The molecule has 1 aromatic heterocycles. The van der Waals surface area contributed by atoms with Crippen molar-refractivity contribution in [2.24, 2.45) is 9.98 Å². The molecule has 0 spiro atoms. The number of fused-ring (bicyclic) bond motifs is 3. The summed E-state index contributed by atoms with van der Waals surface area (Å²) in [5.41, 5.74) is 3.85. The first-order chi connectivity index (χ1) is 15.2. The van der Waals surface area contributed by atoms with Gasteiger partial charge in [0, 0.05) is 12.7 Å². The average Bonchev–Trinajstić information content (AvgIpc) is 3.34. The Morgan fingerprint density at radius 3 is 2.52 bits per heavy atom. The zero-order valence-electron chi connectivity index (χ0n) is 17.4. The molecule has 2 aromatic carbocycles. The molecule has 0 saturated carbocycles. The maximum Gasteiger partial charge on any atom is 0.324 e. The third-order valence-electron chi connectivity index (χ3n) is 5.86. The third-order valence-corrected chi connectivity index (χ3v) is 5.86. The summed E-state index contributed by atoms with van der Waals surface area (Å²) in [5.74, 6) is 1.09. The largest absolute Gasteiger partial charge is 0.388 e. The number of benzene rings is 2. The van der Waals surface area contributed by atoms with Crippen molar-refractivity contribution in [2.45, 2.75) is 25.4 Å². The van der Waals surface area contributed by atoms with Gasteiger partial charge in [0.15, 0.2) is 17.2 Å². The Hall–Kier alpha value is -3.94. The number of nitrogens with one attached hydrogen (secondary N) is 3. The second-order valence-electron chi connectivity index (χ2n) is 7.56. The number of aromatic nitrogens is 2. The molecule has 1 saturated heterocycles. The molecule has 2 amide bonds. The van der Waals surface area contributed by atoms with Gasteiger partial charge in [-0.1, -0.05) is 43.3 Å². The van der Waals surface area contributed by atoms with E-state index in [1.54, 1.807) is 11.2 Å². The molecular formula is C23H23N7O. The zero-order chi connectivity index (χ0) is 21.4. The van der Waals surface area contributed by atoms with Crippen molar-refractivity contribution in [3.05, 3.63) is 77.2 Å². The normalized spacial score (nSPS) is 19.4. The molecular weight excluding hydrogens is 390 g/mol. The van der Waals surface area contributed by atoms with Crippen molar-refractivity contribution in [1.29, 1.82) is 0 Å². The lowest BCUT2D eigenvalue weighted by Crippen LogP contribution is -2.45. The summed E-state index contributed by atoms with van der Waals surface area (Å²) < 4.78 is 0. The number of carbonyl (C=O) groups excluding carboxylic acids is 1. The molecule has 8 heteroatoms. The number of aryl methyl sites for hydroxylation is 1. The number of H-pyrrole nitrogens is 1. The van der Waals surface area contributed by atoms with Gasteiger partial charge in [-0.3, -0.25) is 4.90 Å². The zero-order valence-corrected chi connectivity index (χ0v) is 17.4. The third kappa shape index (κ3) is 2.99. The summed E-state index contributed by atoms with van der Waals surface area (Å²) in [5, 5.41) is 6.30. The predicted molar refractivity (Wildman–Crippen MR) is 121 cm³/mol. The second kappa shape index (κ2) is 7.39. The summed E-state index contributed by atoms with van der Waals surface area (Å²) in [6, 6.07) is 16.0. The summed E-state index contributed by atoms with van der Waals surface area (Å²) in [6.07, 6.45) is 4.00. The van der Waals surface area contributed by atoms with E-state index in [4.69, 9.17) is 0 Å². The topological polar surface area (TPSA) is 97.8 Å². The predicted octanol–water partition coefficient (Wildman–Crippen LogP) is 3.55. The van der Waals surface area contributed by atoms with E-state index >= 15 is 0 Å². The van der Waals surface area contributed by atoms with E-state index in [9.17, 15) is 4.79 Å². The second-order valence-corrected chi connectivity index (χ2v) is 7.56. The van der Waals surface area contributed by atoms with E-state index in [1.165, 1.54) is 11.9 Å². The first-order valence-electron chi connectivity index (χ1n) is 10.3. The van der Waals surface area contributed by atoms with Crippen molar-refractivity contribution >= 4 is 29.7 Å². The highest BCUT2D eigenvalue weighted by molar-refractivity contribution is 6.15. The Morgan fingerprint density at radius 2 is 1.81 bits per heavy atom. The minimum Gasteiger partial charge on any atom is -0.388 e. The van der Waals surface area contributed by atoms with Gasteiger partial charge >= 0.3 is 6.03 Å². The van der Waals surface area contributed by atoms with Gasteiger partial charge in [-0.2, -0.15) is 0 Å². The molecule has 0 bridgehead atoms. The summed E-state index contributed by atoms with van der Waals surface area (Å²) in [4.78, 5) is 31.5. The SMILES string of the molecule is CCc1ccc(C23NC(=O)N(Cc4ccc(NC)cc4)C2=NC=Nc2nc[nH]c23)cc1. The van der Waals surface area contributed by atoms with Crippen LogP contribution in [0.3, 0.4) is 0 Å². The fourth-order valence-electron chi connectivity index (χ4n) is 4.16. The summed E-state index contributed by atoms with van der Waals surface area (Å²) in [7, 11) is 1.88. The van der Waals surface area contributed by atoms with E-state index in [1.807, 2.05) is 43.4 Å². The van der Waals surface area contributed by atoms with Crippen molar-refractivity contribution in [3.63, 3.8) is 0 Å². The molecule has 5 rings (SSSR count). The molecule has 31 heavy (non-hydrogen) atoms. The number of aliphatic imine (C=N–C) groups is 2. The van der Waals surface area contributed by atoms with Gasteiger partial charge in [-0.05, 0) is 35.2 Å². The van der Waals surface area contributed by atoms with Gasteiger partial charge in [-0.25, -0.2) is 19.8 Å². The summed E-state index contributed by atoms with van der Waals surface area (Å²) in [6.45, 7) is 2.51. The van der Waals surface area contributed by atoms with E-state index in [2.05, 4.69) is 49.6 Å². The van der Waals surface area contributed by atoms with Crippen molar-refractivity contribution in [3.8, 4) is 0 Å². The standard InChI is InChI=1S/C23H23N7O/c1-3-15-4-8-17(9-5-15)23-19-20(26-13-25-19)27-14-28-21(23)30(22(31)29-23)12-16-6-10-18(24-2)11-7-16/h4-11,13-14,24H,3,12H2,1-2H3,(H,25,26)(H,29,31). The van der Waals surface area contributed by atoms with Crippen LogP contribution in [0.2, 0.25) is 0 Å². The van der Waals surface area contributed by atoms with Gasteiger partial charge in [-0.15, -0.1) is 0 Å². The van der Waals surface area contributed by atoms with Gasteiger partial charge in [0.05, 0.1) is 18.6 Å². The minimum atomic E-state index is -0.989. The van der Waals surface area contributed by atoms with Crippen LogP contribution in [0.15, 0.2) is 64.8 Å². The molecule has 0 aliphatic carbocycles. The molecule has 156 valence electrons. The number of aromatic amines is 1. The molecule has 3 heterocycles. The Balaban J connectivity index is 1.62. The van der Waals surface area contributed by atoms with Gasteiger partial charge in [0.2, 0.25) is 0 Å². The van der Waals surface area contributed by atoms with Crippen molar-refractivity contribution < 1.29 is 4.79 Å². The smallest absolute Gasteiger partial charge is 0.324 e. The van der Waals surface area contributed by atoms with Gasteiger partial charge in [0.25, 0.3) is 0 Å². The Labute approximate surface area is 180 Å². The van der Waals surface area contributed by atoms with E-state index in [0.717, 1.165) is 23.2 Å². The van der Waals surface area contributed by atoms with Crippen LogP contribution in [0.4, 0.5) is 16.3 Å². The number of amides is 2. The van der Waals surface area contributed by atoms with Crippen LogP contribution < -0.4 is 10.6 Å². The fraction of sp³-hybridized carbons (Fsp3) is 0.217. The highest BCUT2D eigenvalue weighted by Crippen LogP contribution is 2.41. The van der Waals surface area contributed by atoms with Crippen LogP contribution in [-0.4, -0.2) is 40.1 Å². The number of nitrogens with zero attached hydrogens (tertiary/aromatic N) is 4. The molecule has 1 atom stereocenters. The lowest BCUT2D eigenvalue weighted by molar-refractivity contribution is 0.225. The lowest BCUT2D eigenvalue weighted by Gasteiger charge is -2.29. The van der Waals surface area contributed by atoms with Crippen LogP contribution in [0.25, 0.3) is 0 Å². The maximum atomic E-state index is 13.3. The van der Waals surface area contributed by atoms with Crippen LogP contribution in [0.5, 0.6) is 0 Å². The number of carbonyl (C=O) groups is 1. The number of imidazole rings is 1. The summed E-state index contributed by atoms with van der Waals surface area (Å²) >= 11 is 0. The maximum absolute atomic E-state index is 13.3. The lowest BCUT2D eigenvalue weighted by atomic mass is 9.85. The van der Waals surface area contributed by atoms with Crippen molar-refractivity contribution in [2.75, 3.05) is 12.4 Å². The number of hydrogen-bond acceptors (Lipinski definition) is 5. The highest BCUT2D eigenvalue weighted by Gasteiger charge is 2.54. The molecule has 1 unspecified atom stereocenters. The monoisotopic (exact) mass is 413 g/mol. The Morgan fingerprint density at radius 1 is 1.06 bits per heavy atom. The first-order valence-corrected chi connectivity index (χ1v) is 10.3. The number of urea groups is 1. The molecule has 3 aromatic rings. The van der Waals surface area contributed by atoms with E-state index in [-0.39, 0.29) is 6.03 Å². The Kier molecular flexibility index (Phi) is 4.54. The Bertz CT molecular complexity index is 1180. The van der Waals surface area contributed by atoms with Gasteiger partial charge < -0.3 is 15.6 Å². The number of rotatable bonds is 5. The van der Waals surface area contributed by atoms with Crippen LogP contribution in [0.1, 0.15) is 29.3 Å². The van der Waals surface area contributed by atoms with E-state index < -0.39 is 5.54 Å².